The van der Waals surface area contributed by atoms with Crippen molar-refractivity contribution in [2.45, 2.75) is 75.4 Å². The number of aryl methyl sites for hydroxylation is 1. The van der Waals surface area contributed by atoms with Gasteiger partial charge in [-0.2, -0.15) is 0 Å². The van der Waals surface area contributed by atoms with Gasteiger partial charge in [-0.25, -0.2) is 4.68 Å². The summed E-state index contributed by atoms with van der Waals surface area (Å²) < 4.78 is 20.8. The Morgan fingerprint density at radius 1 is 0.971 bits per heavy atom. The molecule has 0 N–H and O–H groups in total. The van der Waals surface area contributed by atoms with Crippen LogP contribution in [0.2, 0.25) is 0 Å². The fraction of sp³-hybridized carbons (Fsp3) is 0.609. The van der Waals surface area contributed by atoms with Gasteiger partial charge in [-0.3, -0.25) is 4.57 Å². The number of hydrogen-bond donors (Lipinski definition) is 0. The second-order valence-corrected chi connectivity index (χ2v) is 9.29. The van der Waals surface area contributed by atoms with Crippen LogP contribution in [0.4, 0.5) is 0 Å². The van der Waals surface area contributed by atoms with Crippen LogP contribution in [0.3, 0.4) is 0 Å². The third kappa shape index (κ3) is 5.13. The standard InChI is InChI=1S/C23H33N7O3S/c1-5-6-12-29-20(24-27-28-29)15-34-23-26-25-22(30(23)17-10-8-7-9-11-17)16-13-18(31-2)21(33-4)19(14-16)32-3/h13-14,17H,5-12,15H2,1-4H3. The van der Waals surface area contributed by atoms with Crippen molar-refractivity contribution in [3.05, 3.63) is 18.0 Å². The molecule has 0 amide bonds. The molecule has 184 valence electrons. The molecule has 0 spiro atoms. The number of aromatic nitrogens is 7. The summed E-state index contributed by atoms with van der Waals surface area (Å²) in [6.45, 7) is 2.99. The molecular formula is C23H33N7O3S. The van der Waals surface area contributed by atoms with E-state index >= 15 is 0 Å². The summed E-state index contributed by atoms with van der Waals surface area (Å²) in [5, 5.41) is 22.3. The Balaban J connectivity index is 1.69. The molecule has 1 aliphatic carbocycles. The topological polar surface area (TPSA) is 102 Å². The van der Waals surface area contributed by atoms with Crippen molar-refractivity contribution in [2.24, 2.45) is 0 Å². The molecule has 1 saturated carbocycles. The Bertz CT molecular complexity index is 1050. The highest BCUT2D eigenvalue weighted by Gasteiger charge is 2.26. The zero-order chi connectivity index (χ0) is 23.9. The predicted molar refractivity (Wildman–Crippen MR) is 130 cm³/mol. The number of benzene rings is 1. The average molecular weight is 488 g/mol. The quantitative estimate of drug-likeness (QED) is 0.360. The van der Waals surface area contributed by atoms with E-state index in [-0.39, 0.29) is 0 Å². The summed E-state index contributed by atoms with van der Waals surface area (Å²) in [4.78, 5) is 0. The molecule has 1 aromatic carbocycles. The average Bonchev–Trinajstić information content (AvgIpc) is 3.52. The molecule has 0 unspecified atom stereocenters. The van der Waals surface area contributed by atoms with Gasteiger partial charge in [0.25, 0.3) is 0 Å². The smallest absolute Gasteiger partial charge is 0.203 e. The van der Waals surface area contributed by atoms with Crippen molar-refractivity contribution in [1.82, 2.24) is 35.0 Å². The zero-order valence-corrected chi connectivity index (χ0v) is 21.2. The van der Waals surface area contributed by atoms with Crippen LogP contribution in [-0.4, -0.2) is 56.3 Å². The summed E-state index contributed by atoms with van der Waals surface area (Å²) in [5.41, 5.74) is 0.882. The van der Waals surface area contributed by atoms with E-state index < -0.39 is 0 Å². The Morgan fingerprint density at radius 3 is 2.35 bits per heavy atom. The molecule has 2 heterocycles. The Labute approximate surface area is 204 Å². The molecule has 3 aromatic rings. The van der Waals surface area contributed by atoms with Crippen LogP contribution in [0.5, 0.6) is 17.2 Å². The first-order valence-corrected chi connectivity index (χ1v) is 12.8. The van der Waals surface area contributed by atoms with Gasteiger partial charge in [0.2, 0.25) is 5.75 Å². The molecule has 0 bridgehead atoms. The lowest BCUT2D eigenvalue weighted by atomic mass is 9.95. The molecule has 11 heteroatoms. The molecular weight excluding hydrogens is 454 g/mol. The van der Waals surface area contributed by atoms with Crippen LogP contribution < -0.4 is 14.2 Å². The molecule has 10 nitrogen and oxygen atoms in total. The van der Waals surface area contributed by atoms with Crippen molar-refractivity contribution in [3.63, 3.8) is 0 Å². The van der Waals surface area contributed by atoms with Gasteiger partial charge in [0, 0.05) is 18.2 Å². The number of unbranched alkanes of at least 4 members (excludes halogenated alkanes) is 1. The Morgan fingerprint density at radius 2 is 1.71 bits per heavy atom. The van der Waals surface area contributed by atoms with E-state index in [9.17, 15) is 0 Å². The number of hydrogen-bond acceptors (Lipinski definition) is 9. The summed E-state index contributed by atoms with van der Waals surface area (Å²) in [7, 11) is 4.85. The van der Waals surface area contributed by atoms with E-state index in [0.29, 0.717) is 29.0 Å². The fourth-order valence-electron chi connectivity index (χ4n) is 4.39. The number of rotatable bonds is 11. The normalized spacial score (nSPS) is 14.4. The predicted octanol–water partition coefficient (Wildman–Crippen LogP) is 4.56. The highest BCUT2D eigenvalue weighted by molar-refractivity contribution is 7.98. The van der Waals surface area contributed by atoms with Crippen molar-refractivity contribution in [1.29, 1.82) is 0 Å². The summed E-state index contributed by atoms with van der Waals surface area (Å²) in [5.74, 6) is 4.05. The van der Waals surface area contributed by atoms with Crippen LogP contribution in [-0.2, 0) is 12.3 Å². The van der Waals surface area contributed by atoms with Crippen molar-refractivity contribution < 1.29 is 14.2 Å². The van der Waals surface area contributed by atoms with E-state index in [1.807, 2.05) is 16.8 Å². The van der Waals surface area contributed by atoms with Gasteiger partial charge < -0.3 is 14.2 Å². The second-order valence-electron chi connectivity index (χ2n) is 8.34. The van der Waals surface area contributed by atoms with E-state index in [4.69, 9.17) is 14.2 Å². The lowest BCUT2D eigenvalue weighted by Gasteiger charge is -2.26. The van der Waals surface area contributed by atoms with Gasteiger partial charge in [0.05, 0.1) is 27.1 Å². The first-order chi connectivity index (χ1) is 16.7. The summed E-state index contributed by atoms with van der Waals surface area (Å²) in [6, 6.07) is 4.21. The fourth-order valence-corrected chi connectivity index (χ4v) is 5.33. The molecule has 4 rings (SSSR count). The zero-order valence-electron chi connectivity index (χ0n) is 20.4. The molecule has 0 radical (unpaired) electrons. The largest absolute Gasteiger partial charge is 0.493 e. The second kappa shape index (κ2) is 11.5. The van der Waals surface area contributed by atoms with E-state index in [1.54, 1.807) is 33.1 Å². The van der Waals surface area contributed by atoms with Crippen molar-refractivity contribution >= 4 is 11.8 Å². The SMILES string of the molecule is CCCCn1nnnc1CSc1nnc(-c2cc(OC)c(OC)c(OC)c2)n1C1CCCCC1. The third-order valence-corrected chi connectivity index (χ3v) is 7.13. The van der Waals surface area contributed by atoms with Gasteiger partial charge in [-0.05, 0) is 41.8 Å². The number of tetrazole rings is 1. The van der Waals surface area contributed by atoms with Crippen LogP contribution in [0.1, 0.15) is 63.7 Å². The van der Waals surface area contributed by atoms with Crippen molar-refractivity contribution in [3.8, 4) is 28.6 Å². The van der Waals surface area contributed by atoms with Crippen LogP contribution >= 0.6 is 11.8 Å². The number of nitrogens with zero attached hydrogens (tertiary/aromatic N) is 7. The van der Waals surface area contributed by atoms with Gasteiger partial charge in [-0.15, -0.1) is 15.3 Å². The minimum atomic E-state index is 0.344. The van der Waals surface area contributed by atoms with Crippen LogP contribution in [0.15, 0.2) is 17.3 Å². The molecule has 34 heavy (non-hydrogen) atoms. The lowest BCUT2D eigenvalue weighted by molar-refractivity contribution is 0.324. The molecule has 1 fully saturated rings. The number of methoxy groups -OCH3 is 3. The molecule has 0 aliphatic heterocycles. The van der Waals surface area contributed by atoms with E-state index in [1.165, 1.54) is 19.3 Å². The maximum absolute atomic E-state index is 5.58. The van der Waals surface area contributed by atoms with Gasteiger partial charge in [0.15, 0.2) is 28.3 Å². The molecule has 0 saturated heterocycles. The van der Waals surface area contributed by atoms with Gasteiger partial charge in [-0.1, -0.05) is 44.4 Å². The Kier molecular flexibility index (Phi) is 8.25. The van der Waals surface area contributed by atoms with Crippen LogP contribution in [0, 0.1) is 0 Å². The maximum Gasteiger partial charge on any atom is 0.203 e. The third-order valence-electron chi connectivity index (χ3n) is 6.19. The van der Waals surface area contributed by atoms with Crippen molar-refractivity contribution in [2.75, 3.05) is 21.3 Å². The van der Waals surface area contributed by atoms with Gasteiger partial charge in [0.1, 0.15) is 0 Å². The van der Waals surface area contributed by atoms with Gasteiger partial charge >= 0.3 is 0 Å². The minimum absolute atomic E-state index is 0.344. The first kappa shape index (κ1) is 24.3. The van der Waals surface area contributed by atoms with E-state index in [2.05, 4.69) is 37.2 Å². The highest BCUT2D eigenvalue weighted by atomic mass is 32.2. The number of ether oxygens (including phenoxy) is 3. The minimum Gasteiger partial charge on any atom is -0.493 e. The lowest BCUT2D eigenvalue weighted by Crippen LogP contribution is -2.15. The molecule has 1 aliphatic rings. The van der Waals surface area contributed by atoms with Crippen LogP contribution in [0.25, 0.3) is 11.4 Å². The maximum atomic E-state index is 5.58. The highest BCUT2D eigenvalue weighted by Crippen LogP contribution is 2.43. The monoisotopic (exact) mass is 487 g/mol. The summed E-state index contributed by atoms with van der Waals surface area (Å²) in [6.07, 6.45) is 8.04. The molecule has 2 aromatic heterocycles. The molecule has 0 atom stereocenters. The first-order valence-electron chi connectivity index (χ1n) is 11.8. The summed E-state index contributed by atoms with van der Waals surface area (Å²) >= 11 is 1.63. The van der Waals surface area contributed by atoms with E-state index in [0.717, 1.165) is 54.6 Å². The number of thioether (sulfide) groups is 1. The Hall–Kier alpha value is -2.82.